The molecule has 4 atom stereocenters. The van der Waals surface area contributed by atoms with Crippen molar-refractivity contribution in [2.75, 3.05) is 6.61 Å². The lowest BCUT2D eigenvalue weighted by molar-refractivity contribution is -0.0568. The van der Waals surface area contributed by atoms with E-state index in [4.69, 9.17) is 49.0 Å². The summed E-state index contributed by atoms with van der Waals surface area (Å²) >= 11 is 18.6. The average molecular weight is 564 g/mol. The maximum atomic E-state index is 16.0. The van der Waals surface area contributed by atoms with Crippen LogP contribution in [-0.2, 0) is 14.2 Å². The molecule has 190 valence electrons. The Morgan fingerprint density at radius 1 is 0.919 bits per heavy atom. The normalized spacial score (nSPS) is 21.2. The van der Waals surface area contributed by atoms with Gasteiger partial charge in [-0.2, -0.15) is 0 Å². The first-order valence-electron chi connectivity index (χ1n) is 11.1. The number of hydrogen-bond donors (Lipinski definition) is 0. The van der Waals surface area contributed by atoms with E-state index in [0.29, 0.717) is 16.6 Å². The molecule has 4 aromatic rings. The zero-order valence-electron chi connectivity index (χ0n) is 18.9. The molecule has 1 aliphatic rings. The quantitative estimate of drug-likeness (QED) is 0.256. The third-order valence-electron chi connectivity index (χ3n) is 5.85. The number of alkyl halides is 1. The van der Waals surface area contributed by atoms with E-state index in [1.165, 1.54) is 16.7 Å². The molecule has 0 aliphatic carbocycles. The number of carbonyl (C=O) groups excluding carboxylic acids is 2. The molecule has 0 saturated carbocycles. The molecule has 1 aliphatic heterocycles. The zero-order valence-corrected chi connectivity index (χ0v) is 21.2. The Bertz CT molecular complexity index is 1450. The van der Waals surface area contributed by atoms with Gasteiger partial charge in [0.25, 0.3) is 0 Å². The fraction of sp³-hybridized carbons (Fsp3) is 0.192. The van der Waals surface area contributed by atoms with Crippen LogP contribution in [-0.4, -0.2) is 46.5 Å². The van der Waals surface area contributed by atoms with Crippen LogP contribution >= 0.6 is 34.8 Å². The largest absolute Gasteiger partial charge is 0.459 e. The summed E-state index contributed by atoms with van der Waals surface area (Å²) in [5.74, 6) is -1.39. The molecule has 37 heavy (non-hydrogen) atoms. The van der Waals surface area contributed by atoms with E-state index in [-0.39, 0.29) is 27.5 Å². The predicted octanol–water partition coefficient (Wildman–Crippen LogP) is 6.31. The summed E-state index contributed by atoms with van der Waals surface area (Å²) in [5.41, 5.74) is 1.27. The topological polar surface area (TPSA) is 79.7 Å². The van der Waals surface area contributed by atoms with Gasteiger partial charge in [-0.15, -0.1) is 0 Å². The van der Waals surface area contributed by atoms with E-state index in [0.717, 1.165) is 0 Å². The van der Waals surface area contributed by atoms with Crippen molar-refractivity contribution >= 4 is 57.8 Å². The van der Waals surface area contributed by atoms with Crippen LogP contribution in [0, 0.1) is 0 Å². The molecule has 1 fully saturated rings. The molecule has 0 N–H and O–H groups in total. The highest BCUT2D eigenvalue weighted by Gasteiger charge is 2.50. The molecule has 11 heteroatoms. The molecule has 0 spiro atoms. The first-order chi connectivity index (χ1) is 17.8. The number of esters is 2. The van der Waals surface area contributed by atoms with Crippen molar-refractivity contribution in [3.8, 4) is 0 Å². The number of ether oxygens (including phenoxy) is 3. The smallest absolute Gasteiger partial charge is 0.338 e. The lowest BCUT2D eigenvalue weighted by Crippen LogP contribution is -2.37. The lowest BCUT2D eigenvalue weighted by Gasteiger charge is -2.19. The summed E-state index contributed by atoms with van der Waals surface area (Å²) in [4.78, 5) is 29.5. The third kappa shape index (κ3) is 5.15. The summed E-state index contributed by atoms with van der Waals surface area (Å²) in [6.45, 7) is -0.381. The fourth-order valence-electron chi connectivity index (χ4n) is 4.06. The van der Waals surface area contributed by atoms with Crippen molar-refractivity contribution in [1.82, 2.24) is 9.55 Å². The van der Waals surface area contributed by atoms with Crippen LogP contribution < -0.4 is 0 Å². The maximum absolute atomic E-state index is 16.0. The highest BCUT2D eigenvalue weighted by molar-refractivity contribution is 6.42. The molecule has 1 aromatic heterocycles. The molecule has 5 rings (SSSR count). The summed E-state index contributed by atoms with van der Waals surface area (Å²) in [7, 11) is 0. The Hall–Kier alpha value is -3.17. The second-order valence-corrected chi connectivity index (χ2v) is 9.37. The Morgan fingerprint density at radius 2 is 1.51 bits per heavy atom. The second kappa shape index (κ2) is 10.7. The average Bonchev–Trinajstić information content (AvgIpc) is 3.38. The van der Waals surface area contributed by atoms with Gasteiger partial charge in [0.2, 0.25) is 5.28 Å². The number of fused-ring (bicyclic) bond motifs is 1. The van der Waals surface area contributed by atoms with E-state index >= 15 is 4.39 Å². The van der Waals surface area contributed by atoms with Crippen molar-refractivity contribution in [3.05, 3.63) is 99.3 Å². The Labute approximate surface area is 225 Å². The van der Waals surface area contributed by atoms with Gasteiger partial charge in [0, 0.05) is 0 Å². The molecule has 0 radical (unpaired) electrons. The number of nitrogens with zero attached hydrogens (tertiary/aromatic N) is 2. The molecule has 0 bridgehead atoms. The summed E-state index contributed by atoms with van der Waals surface area (Å²) in [6.07, 6.45) is -5.81. The van der Waals surface area contributed by atoms with Crippen molar-refractivity contribution in [2.24, 2.45) is 0 Å². The number of rotatable bonds is 6. The van der Waals surface area contributed by atoms with Gasteiger partial charge in [-0.05, 0) is 48.0 Å². The fourth-order valence-corrected chi connectivity index (χ4v) is 4.66. The van der Waals surface area contributed by atoms with Crippen molar-refractivity contribution in [1.29, 1.82) is 0 Å². The highest BCUT2D eigenvalue weighted by atomic mass is 35.5. The van der Waals surface area contributed by atoms with Gasteiger partial charge in [-0.1, -0.05) is 59.6 Å². The third-order valence-corrected chi connectivity index (χ3v) is 6.84. The molecule has 2 heterocycles. The lowest BCUT2D eigenvalue weighted by atomic mass is 10.1. The zero-order chi connectivity index (χ0) is 26.1. The van der Waals surface area contributed by atoms with Gasteiger partial charge in [0.15, 0.2) is 18.5 Å². The molecule has 3 aromatic carbocycles. The van der Waals surface area contributed by atoms with Crippen LogP contribution in [0.15, 0.2) is 72.8 Å². The number of benzene rings is 3. The van der Waals surface area contributed by atoms with Crippen LogP contribution in [0.25, 0.3) is 11.0 Å². The van der Waals surface area contributed by atoms with Gasteiger partial charge in [-0.25, -0.2) is 19.0 Å². The van der Waals surface area contributed by atoms with Crippen LogP contribution in [0.1, 0.15) is 26.9 Å². The van der Waals surface area contributed by atoms with E-state index in [1.807, 2.05) is 0 Å². The van der Waals surface area contributed by atoms with Gasteiger partial charge < -0.3 is 14.2 Å². The molecule has 0 amide bonds. The van der Waals surface area contributed by atoms with Gasteiger partial charge in [0.1, 0.15) is 12.7 Å². The summed E-state index contributed by atoms with van der Waals surface area (Å²) in [6, 6.07) is 19.4. The Balaban J connectivity index is 1.45. The minimum atomic E-state index is -1.89. The summed E-state index contributed by atoms with van der Waals surface area (Å²) < 4.78 is 34.1. The van der Waals surface area contributed by atoms with E-state index in [1.54, 1.807) is 60.7 Å². The number of aromatic nitrogens is 2. The van der Waals surface area contributed by atoms with Crippen LogP contribution in [0.3, 0.4) is 0 Å². The van der Waals surface area contributed by atoms with E-state index < -0.39 is 36.5 Å². The first-order valence-corrected chi connectivity index (χ1v) is 12.3. The van der Waals surface area contributed by atoms with Gasteiger partial charge in [-0.3, -0.25) is 4.57 Å². The summed E-state index contributed by atoms with van der Waals surface area (Å²) in [5, 5.41) is 0.372. The molecule has 0 unspecified atom stereocenters. The SMILES string of the molecule is O=C(OC[C@H]1O[C@@H](n2c(Cl)nc3cc(Cl)c(Cl)cc32)[C@H](F)[C@@H]1OC(=O)c1ccccc1)c1ccccc1. The minimum absolute atomic E-state index is 0.0870. The van der Waals surface area contributed by atoms with E-state index in [2.05, 4.69) is 4.98 Å². The monoisotopic (exact) mass is 562 g/mol. The Morgan fingerprint density at radius 3 is 2.16 bits per heavy atom. The van der Waals surface area contributed by atoms with Crippen LogP contribution in [0.4, 0.5) is 4.39 Å². The second-order valence-electron chi connectivity index (χ2n) is 8.22. The van der Waals surface area contributed by atoms with Crippen LogP contribution in [0.2, 0.25) is 15.3 Å². The van der Waals surface area contributed by atoms with Crippen LogP contribution in [0.5, 0.6) is 0 Å². The number of hydrogen-bond acceptors (Lipinski definition) is 6. The first kappa shape index (κ1) is 25.5. The predicted molar refractivity (Wildman–Crippen MR) is 136 cm³/mol. The standard InChI is InChI=1S/C26H18Cl3FN2O5/c27-16-11-18-19(12-17(16)28)32(26(29)31-18)23-21(30)22(37-25(34)15-9-5-2-6-10-15)20(36-23)13-35-24(33)14-7-3-1-4-8-14/h1-12,20-23H,13H2/t20-,21-,22-,23-/m1/s1. The Kier molecular flexibility index (Phi) is 7.35. The van der Waals surface area contributed by atoms with Crippen molar-refractivity contribution in [2.45, 2.75) is 24.6 Å². The molecule has 7 nitrogen and oxygen atoms in total. The molecule has 1 saturated heterocycles. The van der Waals surface area contributed by atoms with Gasteiger partial charge >= 0.3 is 11.9 Å². The molecular formula is C26H18Cl3FN2O5. The van der Waals surface area contributed by atoms with Crippen molar-refractivity contribution < 1.29 is 28.2 Å². The maximum Gasteiger partial charge on any atom is 0.338 e. The number of carbonyl (C=O) groups is 2. The minimum Gasteiger partial charge on any atom is -0.459 e. The van der Waals surface area contributed by atoms with Crippen molar-refractivity contribution in [3.63, 3.8) is 0 Å². The number of imidazole rings is 1. The highest BCUT2D eigenvalue weighted by Crippen LogP contribution is 2.40. The molecular weight excluding hydrogens is 546 g/mol. The number of halogens is 4. The van der Waals surface area contributed by atoms with E-state index in [9.17, 15) is 9.59 Å². The van der Waals surface area contributed by atoms with Gasteiger partial charge in [0.05, 0.1) is 32.2 Å².